The molecular weight excluding hydrogens is 446 g/mol. The largest absolute Gasteiger partial charge is 0.497 e. The van der Waals surface area contributed by atoms with Gasteiger partial charge in [-0.25, -0.2) is 15.0 Å². The summed E-state index contributed by atoms with van der Waals surface area (Å²) in [5, 5.41) is 0. The van der Waals surface area contributed by atoms with Crippen LogP contribution in [-0.2, 0) is 31.1 Å². The van der Waals surface area contributed by atoms with Crippen LogP contribution in [0.3, 0.4) is 0 Å². The van der Waals surface area contributed by atoms with Crippen LogP contribution in [-0.4, -0.2) is 43.6 Å². The van der Waals surface area contributed by atoms with Gasteiger partial charge in [0.2, 0.25) is 0 Å². The first-order valence-electron chi connectivity index (χ1n) is 12.2. The topological polar surface area (TPSA) is 107 Å². The highest BCUT2D eigenvalue weighted by Crippen LogP contribution is 2.45. The van der Waals surface area contributed by atoms with Crippen LogP contribution in [0.5, 0.6) is 0 Å². The van der Waals surface area contributed by atoms with Crippen LogP contribution in [0.1, 0.15) is 57.0 Å². The minimum Gasteiger partial charge on any atom is -0.497 e. The lowest BCUT2D eigenvalue weighted by Crippen LogP contribution is -2.34. The molecule has 0 bridgehead atoms. The average Bonchev–Trinajstić information content (AvgIpc) is 3.61. The van der Waals surface area contributed by atoms with Gasteiger partial charge < -0.3 is 24.7 Å². The van der Waals surface area contributed by atoms with Crippen molar-refractivity contribution in [3.05, 3.63) is 66.6 Å². The highest BCUT2D eigenvalue weighted by atomic mass is 16.8. The summed E-state index contributed by atoms with van der Waals surface area (Å²) in [5.41, 5.74) is 9.58. The zero-order valence-electron chi connectivity index (χ0n) is 20.0. The third-order valence-electron chi connectivity index (χ3n) is 7.12. The van der Waals surface area contributed by atoms with Gasteiger partial charge in [0.1, 0.15) is 36.8 Å². The van der Waals surface area contributed by atoms with Crippen molar-refractivity contribution in [1.82, 2.24) is 19.5 Å². The van der Waals surface area contributed by atoms with Gasteiger partial charge in [0.15, 0.2) is 17.7 Å². The number of aromatic nitrogens is 4. The molecule has 184 valence electrons. The summed E-state index contributed by atoms with van der Waals surface area (Å²) >= 11 is 0. The van der Waals surface area contributed by atoms with Crippen LogP contribution in [0.15, 0.2) is 55.3 Å². The summed E-state index contributed by atoms with van der Waals surface area (Å²) in [4.78, 5) is 13.8. The zero-order valence-corrected chi connectivity index (χ0v) is 20.0. The molecule has 3 aromatic rings. The number of imidazole rings is 1. The Kier molecular flexibility index (Phi) is 5.60. The van der Waals surface area contributed by atoms with Gasteiger partial charge in [-0.05, 0) is 38.3 Å². The molecule has 0 amide bonds. The minimum absolute atomic E-state index is 0.291. The first-order chi connectivity index (χ1) is 16.9. The van der Waals surface area contributed by atoms with Crippen molar-refractivity contribution in [3.8, 4) is 0 Å². The lowest BCUT2D eigenvalue weighted by atomic mass is 9.94. The molecule has 1 saturated carbocycles. The summed E-state index contributed by atoms with van der Waals surface area (Å²) in [5.74, 6) is -0.726. The number of hydrogen-bond donors (Lipinski definition) is 1. The van der Waals surface area contributed by atoms with E-state index in [1.54, 1.807) is 18.9 Å². The Hall–Kier alpha value is -2.85. The van der Waals surface area contributed by atoms with E-state index < -0.39 is 17.6 Å². The number of ether oxygens (including phenoxy) is 4. The van der Waals surface area contributed by atoms with Crippen molar-refractivity contribution in [2.45, 2.75) is 82.0 Å². The third-order valence-corrected chi connectivity index (χ3v) is 7.12. The van der Waals surface area contributed by atoms with Crippen LogP contribution in [0, 0.1) is 0 Å². The van der Waals surface area contributed by atoms with Crippen LogP contribution >= 0.6 is 0 Å². The minimum atomic E-state index is -0.726. The fourth-order valence-corrected chi connectivity index (χ4v) is 5.48. The van der Waals surface area contributed by atoms with Gasteiger partial charge in [-0.1, -0.05) is 43.2 Å². The molecule has 9 heteroatoms. The SMILES string of the molecule is CC1(C)OC2[C@H](n3cnc4c(C5(N)CCCC5)ncnc43)O[C@H](C=COCc3ccccc3)[C@H]2O1. The number of benzene rings is 1. The highest BCUT2D eigenvalue weighted by Gasteiger charge is 2.55. The molecule has 2 N–H and O–H groups in total. The predicted molar refractivity (Wildman–Crippen MR) is 128 cm³/mol. The van der Waals surface area contributed by atoms with E-state index in [1.807, 2.05) is 54.8 Å². The second kappa shape index (κ2) is 8.67. The van der Waals surface area contributed by atoms with Crippen molar-refractivity contribution in [3.63, 3.8) is 0 Å². The second-order valence-electron chi connectivity index (χ2n) is 10.1. The maximum Gasteiger partial charge on any atom is 0.166 e. The number of nitrogens with two attached hydrogens (primary N) is 1. The summed E-state index contributed by atoms with van der Waals surface area (Å²) in [6.07, 6.45) is 9.44. The van der Waals surface area contributed by atoms with E-state index in [0.29, 0.717) is 12.3 Å². The van der Waals surface area contributed by atoms with Gasteiger partial charge in [-0.15, -0.1) is 0 Å². The molecule has 4 heterocycles. The molecule has 2 aromatic heterocycles. The molecule has 6 rings (SSSR count). The van der Waals surface area contributed by atoms with E-state index in [0.717, 1.165) is 42.5 Å². The summed E-state index contributed by atoms with van der Waals surface area (Å²) in [6, 6.07) is 10.0. The number of fused-ring (bicyclic) bond motifs is 2. The zero-order chi connectivity index (χ0) is 24.0. The maximum atomic E-state index is 6.72. The van der Waals surface area contributed by atoms with Gasteiger partial charge in [0, 0.05) is 0 Å². The maximum absolute atomic E-state index is 6.72. The second-order valence-corrected chi connectivity index (χ2v) is 10.1. The summed E-state index contributed by atoms with van der Waals surface area (Å²) in [6.45, 7) is 4.32. The van der Waals surface area contributed by atoms with E-state index in [4.69, 9.17) is 24.7 Å². The number of nitrogens with zero attached hydrogens (tertiary/aromatic N) is 4. The standard InChI is InChI=1S/C26H31N5O4/c1-25(2)34-20-18(10-13-32-14-17-8-4-3-5-9-17)33-24(21(20)35-25)31-16-30-19-22(28-15-29-23(19)31)26(27)11-6-7-12-26/h3-5,8-10,13,15-16,18,20-21,24H,6-7,11-12,14,27H2,1-2H3/t18-,20-,21?,24-/m1/s1. The van der Waals surface area contributed by atoms with Gasteiger partial charge in [-0.3, -0.25) is 4.57 Å². The van der Waals surface area contributed by atoms with Crippen LogP contribution in [0.2, 0.25) is 0 Å². The normalized spacial score (nSPS) is 29.2. The fourth-order valence-electron chi connectivity index (χ4n) is 5.48. The lowest BCUT2D eigenvalue weighted by Gasteiger charge is -2.24. The molecular formula is C26H31N5O4. The van der Waals surface area contributed by atoms with Crippen LogP contribution in [0.25, 0.3) is 11.2 Å². The quantitative estimate of drug-likeness (QED) is 0.536. The first-order valence-corrected chi connectivity index (χ1v) is 12.2. The smallest absolute Gasteiger partial charge is 0.166 e. The fraction of sp³-hybridized carbons (Fsp3) is 0.500. The number of rotatable bonds is 6. The molecule has 1 aromatic carbocycles. The van der Waals surface area contributed by atoms with E-state index in [9.17, 15) is 0 Å². The van der Waals surface area contributed by atoms with Crippen LogP contribution < -0.4 is 5.73 Å². The Morgan fingerprint density at radius 1 is 1.09 bits per heavy atom. The Morgan fingerprint density at radius 3 is 2.66 bits per heavy atom. The van der Waals surface area contributed by atoms with E-state index >= 15 is 0 Å². The molecule has 9 nitrogen and oxygen atoms in total. The van der Waals surface area contributed by atoms with Crippen molar-refractivity contribution in [2.24, 2.45) is 5.73 Å². The molecule has 3 fully saturated rings. The van der Waals surface area contributed by atoms with Crippen LogP contribution in [0.4, 0.5) is 0 Å². The third kappa shape index (κ3) is 4.12. The van der Waals surface area contributed by atoms with Crippen molar-refractivity contribution in [2.75, 3.05) is 0 Å². The Balaban J connectivity index is 1.26. The molecule has 1 aliphatic carbocycles. The van der Waals surface area contributed by atoms with Crippen molar-refractivity contribution in [1.29, 1.82) is 0 Å². The molecule has 2 saturated heterocycles. The molecule has 3 aliphatic rings. The van der Waals surface area contributed by atoms with E-state index in [-0.39, 0.29) is 18.3 Å². The average molecular weight is 478 g/mol. The van der Waals surface area contributed by atoms with E-state index in [1.165, 1.54) is 0 Å². The van der Waals surface area contributed by atoms with E-state index in [2.05, 4.69) is 15.0 Å². The molecule has 1 unspecified atom stereocenters. The summed E-state index contributed by atoms with van der Waals surface area (Å²) < 4.78 is 26.6. The molecule has 35 heavy (non-hydrogen) atoms. The molecule has 0 spiro atoms. The molecule has 0 radical (unpaired) electrons. The Bertz CT molecular complexity index is 1220. The molecule has 2 aliphatic heterocycles. The predicted octanol–water partition coefficient (Wildman–Crippen LogP) is 3.70. The highest BCUT2D eigenvalue weighted by molar-refractivity contribution is 5.74. The lowest BCUT2D eigenvalue weighted by molar-refractivity contribution is -0.191. The van der Waals surface area contributed by atoms with Gasteiger partial charge in [-0.2, -0.15) is 0 Å². The summed E-state index contributed by atoms with van der Waals surface area (Å²) in [7, 11) is 0. The van der Waals surface area contributed by atoms with Gasteiger partial charge >= 0.3 is 0 Å². The number of hydrogen-bond acceptors (Lipinski definition) is 8. The Morgan fingerprint density at radius 2 is 1.86 bits per heavy atom. The Labute approximate surface area is 204 Å². The van der Waals surface area contributed by atoms with Crippen molar-refractivity contribution >= 4 is 11.2 Å². The monoisotopic (exact) mass is 477 g/mol. The van der Waals surface area contributed by atoms with Gasteiger partial charge in [0.05, 0.1) is 23.8 Å². The molecule has 4 atom stereocenters. The first kappa shape index (κ1) is 22.6. The van der Waals surface area contributed by atoms with Gasteiger partial charge in [0.25, 0.3) is 0 Å². The van der Waals surface area contributed by atoms with Crippen molar-refractivity contribution < 1.29 is 18.9 Å².